The second-order valence-corrected chi connectivity index (χ2v) is 11.5. The van der Waals surface area contributed by atoms with E-state index in [2.05, 4.69) is 11.4 Å². The second-order valence-electron chi connectivity index (χ2n) is 9.62. The number of benzene rings is 2. The number of amides is 3. The minimum Gasteiger partial charge on any atom is -0.323 e. The minimum atomic E-state index is -3.59. The zero-order chi connectivity index (χ0) is 24.1. The number of rotatable bonds is 4. The maximum atomic E-state index is 13.4. The van der Waals surface area contributed by atoms with Crippen molar-refractivity contribution in [2.45, 2.75) is 43.5 Å². The van der Waals surface area contributed by atoms with Crippen molar-refractivity contribution in [3.63, 3.8) is 0 Å². The average molecular weight is 483 g/mol. The van der Waals surface area contributed by atoms with Gasteiger partial charge in [-0.1, -0.05) is 42.0 Å². The highest BCUT2D eigenvalue weighted by Crippen LogP contribution is 2.33. The number of imide groups is 1. The van der Waals surface area contributed by atoms with Crippen LogP contribution in [0.4, 0.5) is 4.79 Å². The molecule has 9 heteroatoms. The highest BCUT2D eigenvalue weighted by molar-refractivity contribution is 7.89. The predicted molar refractivity (Wildman–Crippen MR) is 128 cm³/mol. The molecule has 2 aromatic carbocycles. The summed E-state index contributed by atoms with van der Waals surface area (Å²) in [5.41, 5.74) is 3.22. The zero-order valence-corrected chi connectivity index (χ0v) is 20.4. The Labute approximate surface area is 200 Å². The fourth-order valence-corrected chi connectivity index (χ4v) is 7.00. The van der Waals surface area contributed by atoms with Gasteiger partial charge in [-0.2, -0.15) is 4.31 Å². The molecule has 1 N–H and O–H groups in total. The molecule has 2 fully saturated rings. The summed E-state index contributed by atoms with van der Waals surface area (Å²) >= 11 is 0. The third-order valence-electron chi connectivity index (χ3n) is 7.30. The molecule has 1 atom stereocenters. The Kier molecular flexibility index (Phi) is 5.74. The fraction of sp³-hybridized carbons (Fsp3) is 0.440. The molecule has 8 nitrogen and oxygen atoms in total. The Hall–Kier alpha value is -2.75. The van der Waals surface area contributed by atoms with E-state index >= 15 is 0 Å². The Bertz CT molecular complexity index is 1250. The van der Waals surface area contributed by atoms with Gasteiger partial charge in [-0.3, -0.25) is 9.69 Å². The van der Waals surface area contributed by atoms with Gasteiger partial charge in [0.2, 0.25) is 10.0 Å². The van der Waals surface area contributed by atoms with Gasteiger partial charge in [0.15, 0.2) is 0 Å². The summed E-state index contributed by atoms with van der Waals surface area (Å²) in [5, 5.41) is 2.97. The maximum Gasteiger partial charge on any atom is 0.326 e. The molecule has 2 aromatic rings. The van der Waals surface area contributed by atoms with Crippen molar-refractivity contribution in [1.82, 2.24) is 19.4 Å². The number of urea groups is 1. The van der Waals surface area contributed by atoms with Crippen molar-refractivity contribution in [1.29, 1.82) is 0 Å². The summed E-state index contributed by atoms with van der Waals surface area (Å²) in [6.45, 7) is 5.47. The summed E-state index contributed by atoms with van der Waals surface area (Å²) in [4.78, 5) is 29.7. The smallest absolute Gasteiger partial charge is 0.323 e. The standard InChI is InChI=1S/C25H30N4O4S/c1-18-7-8-22(19(2)15-18)34(32,33)28-13-11-27(12-14-28)17-29-23(30)25(26-24(29)31)10-9-20-5-3-4-6-21(20)16-25/h3-8,15H,9-14,16-17H2,1-2H3,(H,26,31). The van der Waals surface area contributed by atoms with E-state index < -0.39 is 15.6 Å². The number of carbonyl (C=O) groups excluding carboxylic acids is 2. The van der Waals surface area contributed by atoms with E-state index in [0.717, 1.165) is 23.1 Å². The van der Waals surface area contributed by atoms with Crippen LogP contribution in [0.15, 0.2) is 47.4 Å². The summed E-state index contributed by atoms with van der Waals surface area (Å²) in [7, 11) is -3.59. The number of nitrogens with one attached hydrogen (secondary N) is 1. The molecule has 180 valence electrons. The van der Waals surface area contributed by atoms with Crippen molar-refractivity contribution in [2.24, 2.45) is 0 Å². The van der Waals surface area contributed by atoms with E-state index in [1.807, 2.05) is 49.1 Å². The molecule has 3 aliphatic rings. The number of hydrogen-bond donors (Lipinski definition) is 1. The van der Waals surface area contributed by atoms with Crippen molar-refractivity contribution >= 4 is 22.0 Å². The first kappa shape index (κ1) is 23.0. The number of carbonyl (C=O) groups is 2. The molecule has 1 spiro atoms. The number of fused-ring (bicyclic) bond motifs is 1. The molecule has 0 saturated carbocycles. The number of piperazine rings is 1. The van der Waals surface area contributed by atoms with Gasteiger partial charge < -0.3 is 5.32 Å². The molecule has 1 aliphatic carbocycles. The van der Waals surface area contributed by atoms with Gasteiger partial charge in [-0.15, -0.1) is 0 Å². The summed E-state index contributed by atoms with van der Waals surface area (Å²) in [6, 6.07) is 13.0. The second kappa shape index (κ2) is 8.48. The van der Waals surface area contributed by atoms with Gasteiger partial charge in [0.05, 0.1) is 11.6 Å². The van der Waals surface area contributed by atoms with Gasteiger partial charge in [0.25, 0.3) is 5.91 Å². The maximum absolute atomic E-state index is 13.4. The lowest BCUT2D eigenvalue weighted by Crippen LogP contribution is -2.54. The largest absolute Gasteiger partial charge is 0.326 e. The third kappa shape index (κ3) is 3.91. The van der Waals surface area contributed by atoms with Crippen LogP contribution in [0.2, 0.25) is 0 Å². The number of hydrogen-bond acceptors (Lipinski definition) is 5. The average Bonchev–Trinajstić information content (AvgIpc) is 3.03. The Morgan fingerprint density at radius 3 is 2.38 bits per heavy atom. The number of sulfonamides is 1. The lowest BCUT2D eigenvalue weighted by molar-refractivity contribution is -0.133. The highest BCUT2D eigenvalue weighted by atomic mass is 32.2. The molecule has 2 heterocycles. The molecule has 34 heavy (non-hydrogen) atoms. The normalized spacial score (nSPS) is 23.9. The van der Waals surface area contributed by atoms with E-state index in [1.165, 1.54) is 14.8 Å². The van der Waals surface area contributed by atoms with Crippen LogP contribution in [-0.4, -0.2) is 72.8 Å². The SMILES string of the molecule is Cc1ccc(S(=O)(=O)N2CCN(CN3C(=O)NC4(CCc5ccccc5C4)C3=O)CC2)c(C)c1. The Morgan fingerprint density at radius 2 is 1.68 bits per heavy atom. The van der Waals surface area contributed by atoms with Gasteiger partial charge in [0, 0.05) is 32.6 Å². The van der Waals surface area contributed by atoms with Crippen molar-refractivity contribution in [3.05, 3.63) is 64.7 Å². The molecule has 0 aromatic heterocycles. The van der Waals surface area contributed by atoms with Crippen LogP contribution in [0.3, 0.4) is 0 Å². The highest BCUT2D eigenvalue weighted by Gasteiger charge is 2.52. The van der Waals surface area contributed by atoms with Crippen LogP contribution in [0.5, 0.6) is 0 Å². The van der Waals surface area contributed by atoms with E-state index in [1.54, 1.807) is 6.07 Å². The Morgan fingerprint density at radius 1 is 0.971 bits per heavy atom. The van der Waals surface area contributed by atoms with Gasteiger partial charge in [-0.05, 0) is 49.4 Å². The first-order valence-electron chi connectivity index (χ1n) is 11.7. The first-order valence-corrected chi connectivity index (χ1v) is 13.1. The van der Waals surface area contributed by atoms with Crippen molar-refractivity contribution in [2.75, 3.05) is 32.8 Å². The molecule has 1 unspecified atom stereocenters. The van der Waals surface area contributed by atoms with Crippen LogP contribution in [0.1, 0.15) is 28.7 Å². The van der Waals surface area contributed by atoms with E-state index in [4.69, 9.17) is 0 Å². The first-order chi connectivity index (χ1) is 16.2. The molecule has 3 amide bonds. The quantitative estimate of drug-likeness (QED) is 0.674. The van der Waals surface area contributed by atoms with Crippen LogP contribution >= 0.6 is 0 Å². The Balaban J connectivity index is 1.24. The zero-order valence-electron chi connectivity index (χ0n) is 19.6. The van der Waals surface area contributed by atoms with Gasteiger partial charge >= 0.3 is 6.03 Å². The van der Waals surface area contributed by atoms with E-state index in [0.29, 0.717) is 43.9 Å². The monoisotopic (exact) mass is 482 g/mol. The lowest BCUT2D eigenvalue weighted by Gasteiger charge is -2.36. The lowest BCUT2D eigenvalue weighted by atomic mass is 9.78. The molecule has 0 radical (unpaired) electrons. The summed E-state index contributed by atoms with van der Waals surface area (Å²) < 4.78 is 27.8. The minimum absolute atomic E-state index is 0.172. The van der Waals surface area contributed by atoms with Crippen molar-refractivity contribution in [3.8, 4) is 0 Å². The summed E-state index contributed by atoms with van der Waals surface area (Å²) in [5.74, 6) is -0.183. The number of aryl methyl sites for hydroxylation is 3. The summed E-state index contributed by atoms with van der Waals surface area (Å²) in [6.07, 6.45) is 1.85. The van der Waals surface area contributed by atoms with Crippen LogP contribution < -0.4 is 5.32 Å². The van der Waals surface area contributed by atoms with Crippen LogP contribution in [-0.2, 0) is 27.7 Å². The van der Waals surface area contributed by atoms with Gasteiger partial charge in [0.1, 0.15) is 5.54 Å². The third-order valence-corrected chi connectivity index (χ3v) is 9.36. The van der Waals surface area contributed by atoms with Crippen molar-refractivity contribution < 1.29 is 18.0 Å². The van der Waals surface area contributed by atoms with Gasteiger partial charge in [-0.25, -0.2) is 18.1 Å². The molecular weight excluding hydrogens is 452 g/mol. The molecule has 0 bridgehead atoms. The van der Waals surface area contributed by atoms with E-state index in [9.17, 15) is 18.0 Å². The topological polar surface area (TPSA) is 90.0 Å². The predicted octanol–water partition coefficient (Wildman–Crippen LogP) is 2.05. The molecule has 5 rings (SSSR count). The number of nitrogens with zero attached hydrogens (tertiary/aromatic N) is 3. The fourth-order valence-electron chi connectivity index (χ4n) is 5.37. The van der Waals surface area contributed by atoms with Crippen LogP contribution in [0, 0.1) is 13.8 Å². The molecular formula is C25H30N4O4S. The molecule has 2 saturated heterocycles. The van der Waals surface area contributed by atoms with E-state index in [-0.39, 0.29) is 18.6 Å². The van der Waals surface area contributed by atoms with Crippen LogP contribution in [0.25, 0.3) is 0 Å². The molecule has 2 aliphatic heterocycles.